The van der Waals surface area contributed by atoms with Gasteiger partial charge in [0.2, 0.25) is 5.78 Å². The number of aliphatic carboxylic acids is 1. The number of rotatable bonds is 11. The van der Waals surface area contributed by atoms with Crippen LogP contribution in [0.1, 0.15) is 106 Å². The lowest BCUT2D eigenvalue weighted by Crippen LogP contribution is -2.65. The van der Waals surface area contributed by atoms with E-state index >= 15 is 0 Å². The number of ether oxygens (including phenoxy) is 4. The molecule has 14 nitrogen and oxygen atoms in total. The van der Waals surface area contributed by atoms with E-state index < -0.39 is 78.9 Å². The van der Waals surface area contributed by atoms with Gasteiger partial charge < -0.3 is 54.7 Å². The number of carbonyl (C=O) groups excluding carboxylic acids is 2. The zero-order valence-electron chi connectivity index (χ0n) is 33.2. The van der Waals surface area contributed by atoms with E-state index in [1.165, 1.54) is 6.92 Å². The Morgan fingerprint density at radius 1 is 0.873 bits per heavy atom. The van der Waals surface area contributed by atoms with Crippen molar-refractivity contribution in [1.82, 2.24) is 0 Å². The summed E-state index contributed by atoms with van der Waals surface area (Å²) >= 11 is 0. The van der Waals surface area contributed by atoms with Gasteiger partial charge in [-0.3, -0.25) is 9.59 Å². The molecule has 19 atom stereocenters. The lowest BCUT2D eigenvalue weighted by molar-refractivity contribution is -0.356. The minimum Gasteiger partial charge on any atom is -0.504 e. The van der Waals surface area contributed by atoms with Gasteiger partial charge in [-0.15, -0.1) is 0 Å². The van der Waals surface area contributed by atoms with Crippen molar-refractivity contribution in [2.24, 2.45) is 52.3 Å². The van der Waals surface area contributed by atoms with Crippen LogP contribution < -0.4 is 0 Å². The predicted molar refractivity (Wildman–Crippen MR) is 195 cm³/mol. The molecule has 19 unspecified atom stereocenters. The van der Waals surface area contributed by atoms with Gasteiger partial charge in [-0.25, -0.2) is 4.79 Å². The van der Waals surface area contributed by atoms with E-state index in [-0.39, 0.29) is 64.2 Å². The number of aliphatic hydroxyl groups excluding tert-OH is 6. The smallest absolute Gasteiger partial charge is 0.335 e. The molecule has 312 valence electrons. The highest BCUT2D eigenvalue weighted by Crippen LogP contribution is 2.67. The summed E-state index contributed by atoms with van der Waals surface area (Å²) in [6.07, 6.45) is -10.1. The van der Waals surface area contributed by atoms with Crippen LogP contribution in [-0.4, -0.2) is 121 Å². The standard InChI is InChI=1S/C41H64O14/c1-8-22(17(2)3)25(42)15-18(4)26-29(44)30(45)27-23-10-9-20-16-21(11-13-40(20,6)24(23)12-14-41(26,27)7)53-39-34(49)32(47)35(36(55-39)37(50)51)54-38-33(48)31(46)28(43)19(5)52-38/h17-24,27-28,31-36,38-39,43-44,46-49H,8-16H2,1-7H3,(H,50,51). The molecule has 0 bridgehead atoms. The van der Waals surface area contributed by atoms with E-state index in [1.54, 1.807) is 0 Å². The maximum absolute atomic E-state index is 14.0. The average Bonchev–Trinajstić information content (AvgIpc) is 3.33. The van der Waals surface area contributed by atoms with Gasteiger partial charge >= 0.3 is 5.97 Å². The van der Waals surface area contributed by atoms with Crippen molar-refractivity contribution in [3.8, 4) is 0 Å². The Kier molecular flexibility index (Phi) is 12.4. The molecule has 0 aromatic carbocycles. The van der Waals surface area contributed by atoms with Crippen molar-refractivity contribution in [3.63, 3.8) is 0 Å². The number of carboxylic acids is 1. The Labute approximate surface area is 323 Å². The predicted octanol–water partition coefficient (Wildman–Crippen LogP) is 3.04. The molecule has 0 aromatic heterocycles. The van der Waals surface area contributed by atoms with Gasteiger partial charge in [0.25, 0.3) is 0 Å². The topological polar surface area (TPSA) is 230 Å². The SMILES string of the molecule is CCC(C(=O)CC(C)C1=C(O)C(=O)C2C3CCC4CC(OC5OC(C(=O)O)C(OC6OC(C)C(O)C(O)C6O)C(O)C5O)CCC4(C)C3CCC12C)C(C)C. The normalized spacial score (nSPS) is 47.1. The fourth-order valence-corrected chi connectivity index (χ4v) is 12.1. The first kappa shape index (κ1) is 42.6. The number of ketones is 2. The number of hydrogen-bond acceptors (Lipinski definition) is 13. The van der Waals surface area contributed by atoms with Gasteiger partial charge in [-0.1, -0.05) is 41.5 Å². The molecule has 55 heavy (non-hydrogen) atoms. The number of carbonyl (C=O) groups is 3. The van der Waals surface area contributed by atoms with Crippen LogP contribution in [0, 0.1) is 52.3 Å². The molecule has 5 fully saturated rings. The number of aliphatic hydroxyl groups is 6. The Balaban J connectivity index is 1.11. The van der Waals surface area contributed by atoms with Gasteiger partial charge in [0.1, 0.15) is 42.4 Å². The molecule has 2 saturated heterocycles. The molecule has 3 saturated carbocycles. The zero-order chi connectivity index (χ0) is 40.5. The van der Waals surface area contributed by atoms with Crippen molar-refractivity contribution in [1.29, 1.82) is 0 Å². The second-order valence-electron chi connectivity index (χ2n) is 18.5. The van der Waals surface area contributed by atoms with Crippen molar-refractivity contribution in [2.45, 2.75) is 174 Å². The monoisotopic (exact) mass is 780 g/mol. The van der Waals surface area contributed by atoms with E-state index in [9.17, 15) is 50.1 Å². The molecule has 4 aliphatic carbocycles. The third kappa shape index (κ3) is 7.35. The van der Waals surface area contributed by atoms with E-state index in [4.69, 9.17) is 18.9 Å². The van der Waals surface area contributed by atoms with Crippen molar-refractivity contribution in [3.05, 3.63) is 11.3 Å². The summed E-state index contributed by atoms with van der Waals surface area (Å²) in [5, 5.41) is 74.3. The summed E-state index contributed by atoms with van der Waals surface area (Å²) in [6.45, 7) is 14.0. The number of allylic oxidation sites excluding steroid dienone is 2. The second-order valence-corrected chi connectivity index (χ2v) is 18.5. The molecular weight excluding hydrogens is 716 g/mol. The van der Waals surface area contributed by atoms with Crippen LogP contribution in [-0.2, 0) is 33.3 Å². The molecule has 14 heteroatoms. The molecule has 2 aliphatic heterocycles. The lowest BCUT2D eigenvalue weighted by Gasteiger charge is -2.60. The van der Waals surface area contributed by atoms with E-state index in [0.29, 0.717) is 19.3 Å². The van der Waals surface area contributed by atoms with Gasteiger partial charge in [0.15, 0.2) is 24.4 Å². The minimum absolute atomic E-state index is 0.0497. The first-order chi connectivity index (χ1) is 25.8. The van der Waals surface area contributed by atoms with Crippen LogP contribution in [0.15, 0.2) is 11.3 Å². The Hall–Kier alpha value is -2.01. The van der Waals surface area contributed by atoms with E-state index in [2.05, 4.69) is 27.7 Å². The quantitative estimate of drug-likeness (QED) is 0.150. The Bertz CT molecular complexity index is 1480. The van der Waals surface area contributed by atoms with Gasteiger partial charge in [0, 0.05) is 23.7 Å². The summed E-state index contributed by atoms with van der Waals surface area (Å²) in [4.78, 5) is 39.7. The molecule has 0 amide bonds. The summed E-state index contributed by atoms with van der Waals surface area (Å²) in [5.41, 5.74) is 0.120. The van der Waals surface area contributed by atoms with Crippen LogP contribution in [0.4, 0.5) is 0 Å². The third-order valence-corrected chi connectivity index (χ3v) is 15.0. The van der Waals surface area contributed by atoms with Gasteiger partial charge in [-0.2, -0.15) is 0 Å². The molecule has 6 aliphatic rings. The van der Waals surface area contributed by atoms with Gasteiger partial charge in [-0.05, 0) is 98.9 Å². The van der Waals surface area contributed by atoms with Crippen LogP contribution in [0.2, 0.25) is 0 Å². The molecule has 0 spiro atoms. The summed E-state index contributed by atoms with van der Waals surface area (Å²) in [7, 11) is 0. The van der Waals surface area contributed by atoms with Crippen LogP contribution >= 0.6 is 0 Å². The molecule has 0 radical (unpaired) electrons. The molecule has 0 aromatic rings. The maximum Gasteiger partial charge on any atom is 0.335 e. The highest BCUT2D eigenvalue weighted by atomic mass is 16.7. The Morgan fingerprint density at radius 2 is 1.53 bits per heavy atom. The largest absolute Gasteiger partial charge is 0.504 e. The van der Waals surface area contributed by atoms with Crippen molar-refractivity contribution < 1.29 is 69.1 Å². The number of Topliss-reactive ketones (excluding diaryl/α,β-unsaturated/α-hetero) is 2. The number of fused-ring (bicyclic) bond motifs is 5. The molecular formula is C41H64O14. The minimum atomic E-state index is -1.82. The van der Waals surface area contributed by atoms with Crippen LogP contribution in [0.25, 0.3) is 0 Å². The first-order valence-corrected chi connectivity index (χ1v) is 20.5. The second kappa shape index (κ2) is 16.0. The van der Waals surface area contributed by atoms with E-state index in [1.807, 2.05) is 13.8 Å². The van der Waals surface area contributed by atoms with Crippen molar-refractivity contribution >= 4 is 17.5 Å². The van der Waals surface area contributed by atoms with E-state index in [0.717, 1.165) is 44.1 Å². The zero-order valence-corrected chi connectivity index (χ0v) is 33.2. The summed E-state index contributed by atoms with van der Waals surface area (Å²) < 4.78 is 23.0. The fraction of sp³-hybridized carbons (Fsp3) is 0.878. The Morgan fingerprint density at radius 3 is 2.16 bits per heavy atom. The highest BCUT2D eigenvalue weighted by molar-refractivity contribution is 6.00. The first-order valence-electron chi connectivity index (χ1n) is 20.5. The average molecular weight is 781 g/mol. The lowest BCUT2D eigenvalue weighted by atomic mass is 9.44. The summed E-state index contributed by atoms with van der Waals surface area (Å²) in [5.74, 6) is -1.52. The molecule has 2 heterocycles. The maximum atomic E-state index is 14.0. The molecule has 6 rings (SSSR count). The van der Waals surface area contributed by atoms with Crippen LogP contribution in [0.3, 0.4) is 0 Å². The van der Waals surface area contributed by atoms with Crippen molar-refractivity contribution in [2.75, 3.05) is 0 Å². The summed E-state index contributed by atoms with van der Waals surface area (Å²) in [6, 6.07) is 0. The van der Waals surface area contributed by atoms with Gasteiger partial charge in [0.05, 0.1) is 12.2 Å². The number of carboxylic acid groups (broad SMARTS) is 1. The van der Waals surface area contributed by atoms with Crippen LogP contribution in [0.5, 0.6) is 0 Å². The molecule has 7 N–H and O–H groups in total. The number of hydrogen-bond donors (Lipinski definition) is 7. The fourth-order valence-electron chi connectivity index (χ4n) is 12.1. The highest BCUT2D eigenvalue weighted by Gasteiger charge is 2.64. The third-order valence-electron chi connectivity index (χ3n) is 15.0.